The van der Waals surface area contributed by atoms with E-state index in [-0.39, 0.29) is 5.91 Å². The van der Waals surface area contributed by atoms with Crippen LogP contribution in [0, 0.1) is 19.8 Å². The average molecular weight is 437 g/mol. The van der Waals surface area contributed by atoms with Gasteiger partial charge in [0.05, 0.1) is 25.0 Å². The fourth-order valence-electron chi connectivity index (χ4n) is 3.16. The van der Waals surface area contributed by atoms with Crippen molar-refractivity contribution in [2.45, 2.75) is 39.8 Å². The highest BCUT2D eigenvalue weighted by Crippen LogP contribution is 2.30. The minimum absolute atomic E-state index is 0.213. The summed E-state index contributed by atoms with van der Waals surface area (Å²) in [4.78, 5) is 16.9. The van der Waals surface area contributed by atoms with E-state index in [2.05, 4.69) is 15.5 Å². The second-order valence-electron chi connectivity index (χ2n) is 7.90. The number of ether oxygens (including phenoxy) is 3. The molecule has 1 N–H and O–H groups in total. The lowest BCUT2D eigenvalue weighted by atomic mass is 10.1. The Hall–Kier alpha value is -3.55. The van der Waals surface area contributed by atoms with Crippen molar-refractivity contribution in [3.05, 3.63) is 64.7 Å². The molecular formula is C24H27N3O5. The summed E-state index contributed by atoms with van der Waals surface area (Å²) in [5, 5.41) is 6.82. The van der Waals surface area contributed by atoms with Gasteiger partial charge in [-0.15, -0.1) is 0 Å². The Labute approximate surface area is 186 Å². The zero-order chi connectivity index (χ0) is 22.5. The molecule has 0 saturated heterocycles. The molecule has 1 aliphatic rings. The first-order chi connectivity index (χ1) is 15.5. The number of hydrogen-bond acceptors (Lipinski definition) is 7. The molecule has 1 aromatic carbocycles. The monoisotopic (exact) mass is 437 g/mol. The maximum atomic E-state index is 12.6. The third-order valence-electron chi connectivity index (χ3n) is 5.39. The van der Waals surface area contributed by atoms with E-state index in [4.69, 9.17) is 18.7 Å². The number of aromatic nitrogens is 2. The van der Waals surface area contributed by atoms with Gasteiger partial charge in [-0.1, -0.05) is 11.2 Å². The summed E-state index contributed by atoms with van der Waals surface area (Å²) in [6, 6.07) is 8.82. The van der Waals surface area contributed by atoms with E-state index in [0.29, 0.717) is 42.0 Å². The smallest absolute Gasteiger partial charge is 0.251 e. The molecule has 4 rings (SSSR count). The Morgan fingerprint density at radius 2 is 2.00 bits per heavy atom. The molecule has 0 spiro atoms. The standard InChI is InChI=1S/C24H27N3O5/c1-15-20(16(2)32-27-15)14-30-21-8-7-19(10-22(21)29-3)24(28)26-12-18-6-9-23(25-11-18)31-13-17-4-5-17/h6-11,17H,4-5,12-14H2,1-3H3,(H,26,28). The number of carbonyl (C=O) groups is 1. The second kappa shape index (κ2) is 9.72. The zero-order valence-electron chi connectivity index (χ0n) is 18.5. The molecule has 168 valence electrons. The van der Waals surface area contributed by atoms with Crippen molar-refractivity contribution in [2.24, 2.45) is 5.92 Å². The van der Waals surface area contributed by atoms with Crippen LogP contribution < -0.4 is 19.5 Å². The van der Waals surface area contributed by atoms with E-state index in [1.807, 2.05) is 26.0 Å². The van der Waals surface area contributed by atoms with Crippen molar-refractivity contribution in [2.75, 3.05) is 13.7 Å². The molecule has 1 amide bonds. The van der Waals surface area contributed by atoms with Crippen LogP contribution in [0.1, 0.15) is 45.8 Å². The molecule has 0 atom stereocenters. The maximum Gasteiger partial charge on any atom is 0.251 e. The van der Waals surface area contributed by atoms with Crippen molar-refractivity contribution in [1.29, 1.82) is 0 Å². The van der Waals surface area contributed by atoms with Gasteiger partial charge in [-0.2, -0.15) is 0 Å². The van der Waals surface area contributed by atoms with Gasteiger partial charge in [-0.05, 0) is 56.4 Å². The van der Waals surface area contributed by atoms with Crippen molar-refractivity contribution in [3.63, 3.8) is 0 Å². The number of amides is 1. The van der Waals surface area contributed by atoms with Crippen LogP contribution in [-0.4, -0.2) is 29.8 Å². The van der Waals surface area contributed by atoms with Gasteiger partial charge in [-0.3, -0.25) is 4.79 Å². The summed E-state index contributed by atoms with van der Waals surface area (Å²) in [5.74, 6) is 2.81. The van der Waals surface area contributed by atoms with E-state index in [1.54, 1.807) is 24.4 Å². The van der Waals surface area contributed by atoms with Gasteiger partial charge in [0.15, 0.2) is 11.5 Å². The molecule has 2 heterocycles. The van der Waals surface area contributed by atoms with Crippen LogP contribution >= 0.6 is 0 Å². The Balaban J connectivity index is 1.32. The first-order valence-electron chi connectivity index (χ1n) is 10.6. The van der Waals surface area contributed by atoms with Crippen LogP contribution in [0.5, 0.6) is 17.4 Å². The largest absolute Gasteiger partial charge is 0.493 e. The summed E-state index contributed by atoms with van der Waals surface area (Å²) in [5.41, 5.74) is 3.05. The lowest BCUT2D eigenvalue weighted by Gasteiger charge is -2.12. The molecule has 1 fully saturated rings. The third-order valence-corrected chi connectivity index (χ3v) is 5.39. The number of nitrogens with one attached hydrogen (secondary N) is 1. The summed E-state index contributed by atoms with van der Waals surface area (Å²) in [6.07, 6.45) is 4.20. The van der Waals surface area contributed by atoms with E-state index in [9.17, 15) is 4.79 Å². The molecule has 0 aliphatic heterocycles. The van der Waals surface area contributed by atoms with Crippen molar-refractivity contribution >= 4 is 5.91 Å². The molecule has 2 aromatic heterocycles. The van der Waals surface area contributed by atoms with Crippen molar-refractivity contribution in [3.8, 4) is 17.4 Å². The van der Waals surface area contributed by atoms with Crippen LogP contribution in [0.2, 0.25) is 0 Å². The predicted molar refractivity (Wildman–Crippen MR) is 117 cm³/mol. The molecule has 0 bridgehead atoms. The molecular weight excluding hydrogens is 410 g/mol. The molecule has 3 aromatic rings. The topological polar surface area (TPSA) is 95.7 Å². The molecule has 8 heteroatoms. The predicted octanol–water partition coefficient (Wildman–Crippen LogP) is 3.99. The molecule has 0 radical (unpaired) electrons. The summed E-state index contributed by atoms with van der Waals surface area (Å²) in [7, 11) is 1.54. The summed E-state index contributed by atoms with van der Waals surface area (Å²) in [6.45, 7) is 5.10. The average Bonchev–Trinajstić information content (AvgIpc) is 3.59. The second-order valence-corrected chi connectivity index (χ2v) is 7.90. The highest BCUT2D eigenvalue weighted by Gasteiger charge is 2.22. The lowest BCUT2D eigenvalue weighted by molar-refractivity contribution is 0.0950. The zero-order valence-corrected chi connectivity index (χ0v) is 18.5. The molecule has 1 saturated carbocycles. The van der Waals surface area contributed by atoms with Gasteiger partial charge in [0.2, 0.25) is 5.88 Å². The molecule has 8 nitrogen and oxygen atoms in total. The number of rotatable bonds is 10. The normalized spacial score (nSPS) is 13.0. The highest BCUT2D eigenvalue weighted by atomic mass is 16.5. The van der Waals surface area contributed by atoms with Gasteiger partial charge >= 0.3 is 0 Å². The number of carbonyl (C=O) groups excluding carboxylic acids is 1. The SMILES string of the molecule is COc1cc(C(=O)NCc2ccc(OCC3CC3)nc2)ccc1OCc1c(C)noc1C. The van der Waals surface area contributed by atoms with Gasteiger partial charge in [0.1, 0.15) is 12.4 Å². The Morgan fingerprint density at radius 3 is 2.66 bits per heavy atom. The molecule has 1 aliphatic carbocycles. The van der Waals surface area contributed by atoms with Gasteiger partial charge < -0.3 is 24.1 Å². The summed E-state index contributed by atoms with van der Waals surface area (Å²) < 4.78 is 22.1. The lowest BCUT2D eigenvalue weighted by Crippen LogP contribution is -2.22. The Kier molecular flexibility index (Phi) is 6.58. The first-order valence-corrected chi connectivity index (χ1v) is 10.6. The fourth-order valence-corrected chi connectivity index (χ4v) is 3.16. The third kappa shape index (κ3) is 5.38. The van der Waals surface area contributed by atoms with Crippen LogP contribution in [0.4, 0.5) is 0 Å². The van der Waals surface area contributed by atoms with Crippen LogP contribution in [0.3, 0.4) is 0 Å². The number of methoxy groups -OCH3 is 1. The highest BCUT2D eigenvalue weighted by molar-refractivity contribution is 5.94. The number of nitrogens with zero attached hydrogens (tertiary/aromatic N) is 2. The first kappa shape index (κ1) is 21.7. The number of aryl methyl sites for hydroxylation is 2. The minimum atomic E-state index is -0.213. The van der Waals surface area contributed by atoms with Crippen LogP contribution in [0.15, 0.2) is 41.1 Å². The number of hydrogen-bond donors (Lipinski definition) is 1. The number of pyridine rings is 1. The van der Waals surface area contributed by atoms with Gasteiger partial charge in [-0.25, -0.2) is 4.98 Å². The Bertz CT molecular complexity index is 1050. The van der Waals surface area contributed by atoms with Gasteiger partial charge in [0.25, 0.3) is 5.91 Å². The molecule has 0 unspecified atom stereocenters. The van der Waals surface area contributed by atoms with E-state index in [0.717, 1.165) is 29.2 Å². The molecule has 32 heavy (non-hydrogen) atoms. The van der Waals surface area contributed by atoms with Gasteiger partial charge in [0, 0.05) is 24.4 Å². The summed E-state index contributed by atoms with van der Waals surface area (Å²) >= 11 is 0. The van der Waals surface area contributed by atoms with Crippen LogP contribution in [0.25, 0.3) is 0 Å². The van der Waals surface area contributed by atoms with Crippen molar-refractivity contribution in [1.82, 2.24) is 15.5 Å². The van der Waals surface area contributed by atoms with E-state index >= 15 is 0 Å². The van der Waals surface area contributed by atoms with Crippen LogP contribution in [-0.2, 0) is 13.2 Å². The Morgan fingerprint density at radius 1 is 1.16 bits per heavy atom. The quantitative estimate of drug-likeness (QED) is 0.512. The minimum Gasteiger partial charge on any atom is -0.493 e. The number of benzene rings is 1. The van der Waals surface area contributed by atoms with E-state index < -0.39 is 0 Å². The maximum absolute atomic E-state index is 12.6. The fraction of sp³-hybridized carbons (Fsp3) is 0.375. The van der Waals surface area contributed by atoms with Crippen molar-refractivity contribution < 1.29 is 23.5 Å². The van der Waals surface area contributed by atoms with E-state index in [1.165, 1.54) is 20.0 Å².